The van der Waals surface area contributed by atoms with Gasteiger partial charge in [0.25, 0.3) is 5.91 Å². The summed E-state index contributed by atoms with van der Waals surface area (Å²) in [6.45, 7) is 2.09. The molecular formula is C19H22ClNO3. The van der Waals surface area contributed by atoms with E-state index < -0.39 is 5.54 Å². The number of hydrogen-bond acceptors (Lipinski definition) is 3. The number of ether oxygens (including phenoxy) is 1. The molecule has 1 atom stereocenters. The average molecular weight is 348 g/mol. The number of benzene rings is 2. The van der Waals surface area contributed by atoms with E-state index >= 15 is 0 Å². The van der Waals surface area contributed by atoms with Gasteiger partial charge < -0.3 is 15.2 Å². The van der Waals surface area contributed by atoms with E-state index in [1.807, 2.05) is 43.3 Å². The van der Waals surface area contributed by atoms with Crippen molar-refractivity contribution in [3.8, 4) is 11.1 Å². The number of aliphatic hydroxyl groups is 1. The average Bonchev–Trinajstić information content (AvgIpc) is 2.56. The second kappa shape index (κ2) is 8.29. The molecule has 0 fully saturated rings. The normalized spacial score (nSPS) is 13.3. The van der Waals surface area contributed by atoms with Crippen molar-refractivity contribution < 1.29 is 14.6 Å². The van der Waals surface area contributed by atoms with Gasteiger partial charge in [0, 0.05) is 13.7 Å². The molecule has 0 heterocycles. The van der Waals surface area contributed by atoms with Gasteiger partial charge in [-0.05, 0) is 36.6 Å². The van der Waals surface area contributed by atoms with E-state index in [4.69, 9.17) is 16.3 Å². The summed E-state index contributed by atoms with van der Waals surface area (Å²) in [7, 11) is 1.56. The lowest BCUT2D eigenvalue weighted by atomic mass is 9.97. The van der Waals surface area contributed by atoms with Gasteiger partial charge in [0.15, 0.2) is 0 Å². The van der Waals surface area contributed by atoms with Crippen molar-refractivity contribution in [2.24, 2.45) is 0 Å². The van der Waals surface area contributed by atoms with Gasteiger partial charge in [-0.15, -0.1) is 0 Å². The van der Waals surface area contributed by atoms with Crippen molar-refractivity contribution in [1.82, 2.24) is 5.32 Å². The van der Waals surface area contributed by atoms with Crippen LogP contribution in [0.4, 0.5) is 0 Å². The van der Waals surface area contributed by atoms with Crippen LogP contribution in [-0.4, -0.2) is 36.9 Å². The molecule has 2 N–H and O–H groups in total. The predicted molar refractivity (Wildman–Crippen MR) is 96.3 cm³/mol. The van der Waals surface area contributed by atoms with Crippen molar-refractivity contribution in [3.63, 3.8) is 0 Å². The third kappa shape index (κ3) is 4.57. The van der Waals surface area contributed by atoms with Crippen LogP contribution in [0.15, 0.2) is 48.5 Å². The minimum Gasteiger partial charge on any atom is -0.396 e. The Labute approximate surface area is 147 Å². The molecule has 2 rings (SSSR count). The number of carbonyl (C=O) groups excluding carboxylic acids is 1. The highest BCUT2D eigenvalue weighted by Gasteiger charge is 2.27. The zero-order valence-electron chi connectivity index (χ0n) is 13.9. The minimum absolute atomic E-state index is 0.0437. The van der Waals surface area contributed by atoms with Crippen LogP contribution in [0.2, 0.25) is 5.02 Å². The highest BCUT2D eigenvalue weighted by atomic mass is 35.5. The van der Waals surface area contributed by atoms with Gasteiger partial charge in [0.2, 0.25) is 0 Å². The Morgan fingerprint density at radius 3 is 2.54 bits per heavy atom. The molecule has 0 bridgehead atoms. The number of aliphatic hydroxyl groups excluding tert-OH is 1. The summed E-state index contributed by atoms with van der Waals surface area (Å²) >= 11 is 6.22. The van der Waals surface area contributed by atoms with E-state index in [0.717, 1.165) is 11.1 Å². The molecule has 0 spiro atoms. The number of amides is 1. The molecule has 5 heteroatoms. The SMILES string of the molecule is COCC(C)(CCO)NC(=O)c1cc(-c2ccccc2)ccc1Cl. The highest BCUT2D eigenvalue weighted by Crippen LogP contribution is 2.26. The molecule has 0 saturated heterocycles. The number of rotatable bonds is 7. The number of methoxy groups -OCH3 is 1. The Bertz CT molecular complexity index is 682. The number of hydrogen-bond donors (Lipinski definition) is 2. The van der Waals surface area contributed by atoms with E-state index in [2.05, 4.69) is 5.32 Å². The van der Waals surface area contributed by atoms with Crippen LogP contribution < -0.4 is 5.32 Å². The first-order valence-corrected chi connectivity index (χ1v) is 8.14. The van der Waals surface area contributed by atoms with Crippen molar-refractivity contribution in [1.29, 1.82) is 0 Å². The summed E-state index contributed by atoms with van der Waals surface area (Å²) in [6.07, 6.45) is 0.391. The second-order valence-corrected chi connectivity index (χ2v) is 6.39. The lowest BCUT2D eigenvalue weighted by Gasteiger charge is -2.29. The van der Waals surface area contributed by atoms with Gasteiger partial charge in [0.1, 0.15) is 0 Å². The molecule has 2 aromatic rings. The predicted octanol–water partition coefficient (Wildman–Crippen LogP) is 3.52. The number of halogens is 1. The maximum atomic E-state index is 12.7. The monoisotopic (exact) mass is 347 g/mol. The zero-order chi connectivity index (χ0) is 17.6. The standard InChI is InChI=1S/C19H22ClNO3/c1-19(10-11-22,13-24-2)21-18(23)16-12-15(8-9-17(16)20)14-6-4-3-5-7-14/h3-9,12,22H,10-11,13H2,1-2H3,(H,21,23). The van der Waals surface area contributed by atoms with E-state index in [0.29, 0.717) is 23.6 Å². The van der Waals surface area contributed by atoms with E-state index in [9.17, 15) is 9.90 Å². The number of nitrogens with one attached hydrogen (secondary N) is 1. The molecule has 1 unspecified atom stereocenters. The van der Waals surface area contributed by atoms with Crippen LogP contribution in [0.25, 0.3) is 11.1 Å². The summed E-state index contributed by atoms with van der Waals surface area (Å²) in [5, 5.41) is 12.5. The van der Waals surface area contributed by atoms with Crippen molar-refractivity contribution in [2.75, 3.05) is 20.3 Å². The Morgan fingerprint density at radius 1 is 1.21 bits per heavy atom. The van der Waals surface area contributed by atoms with E-state index in [-0.39, 0.29) is 12.5 Å². The first-order chi connectivity index (χ1) is 11.5. The van der Waals surface area contributed by atoms with Gasteiger partial charge in [-0.1, -0.05) is 48.0 Å². The molecular weight excluding hydrogens is 326 g/mol. The molecule has 4 nitrogen and oxygen atoms in total. The van der Waals surface area contributed by atoms with Crippen molar-refractivity contribution in [2.45, 2.75) is 18.9 Å². The summed E-state index contributed by atoms with van der Waals surface area (Å²) in [4.78, 5) is 12.7. The molecule has 0 aliphatic carbocycles. The van der Waals surface area contributed by atoms with Crippen molar-refractivity contribution in [3.05, 3.63) is 59.1 Å². The largest absolute Gasteiger partial charge is 0.396 e. The number of carbonyl (C=O) groups is 1. The summed E-state index contributed by atoms with van der Waals surface area (Å²) in [5.41, 5.74) is 1.67. The van der Waals surface area contributed by atoms with Crippen LogP contribution in [0.5, 0.6) is 0 Å². The summed E-state index contributed by atoms with van der Waals surface area (Å²) < 4.78 is 5.16. The van der Waals surface area contributed by atoms with Crippen LogP contribution in [0.1, 0.15) is 23.7 Å². The fraction of sp³-hybridized carbons (Fsp3) is 0.316. The molecule has 128 valence electrons. The van der Waals surface area contributed by atoms with Gasteiger partial charge in [-0.2, -0.15) is 0 Å². The third-order valence-corrected chi connectivity index (χ3v) is 4.19. The fourth-order valence-electron chi connectivity index (χ4n) is 2.59. The minimum atomic E-state index is -0.660. The van der Waals surface area contributed by atoms with Gasteiger partial charge in [-0.25, -0.2) is 0 Å². The van der Waals surface area contributed by atoms with E-state index in [1.54, 1.807) is 19.2 Å². The van der Waals surface area contributed by atoms with Crippen LogP contribution in [-0.2, 0) is 4.74 Å². The van der Waals surface area contributed by atoms with Crippen LogP contribution in [0.3, 0.4) is 0 Å². The fourth-order valence-corrected chi connectivity index (χ4v) is 2.79. The lowest BCUT2D eigenvalue weighted by molar-refractivity contribution is 0.0726. The quantitative estimate of drug-likeness (QED) is 0.805. The van der Waals surface area contributed by atoms with Crippen molar-refractivity contribution >= 4 is 17.5 Å². The van der Waals surface area contributed by atoms with Gasteiger partial charge in [0.05, 0.1) is 22.7 Å². The summed E-state index contributed by atoms with van der Waals surface area (Å²) in [5.74, 6) is -0.286. The Balaban J connectivity index is 2.29. The molecule has 0 saturated carbocycles. The topological polar surface area (TPSA) is 58.6 Å². The Morgan fingerprint density at radius 2 is 1.92 bits per heavy atom. The molecule has 0 radical (unpaired) electrons. The summed E-state index contributed by atoms with van der Waals surface area (Å²) in [6, 6.07) is 15.2. The molecule has 0 aliphatic heterocycles. The highest BCUT2D eigenvalue weighted by molar-refractivity contribution is 6.34. The molecule has 24 heavy (non-hydrogen) atoms. The smallest absolute Gasteiger partial charge is 0.253 e. The van der Waals surface area contributed by atoms with Gasteiger partial charge in [-0.3, -0.25) is 4.79 Å². The molecule has 1 amide bonds. The van der Waals surface area contributed by atoms with Gasteiger partial charge >= 0.3 is 0 Å². The van der Waals surface area contributed by atoms with Crippen LogP contribution in [0, 0.1) is 0 Å². The maximum absolute atomic E-state index is 12.7. The molecule has 0 aliphatic rings. The third-order valence-electron chi connectivity index (χ3n) is 3.86. The Hall–Kier alpha value is -1.88. The Kier molecular flexibility index (Phi) is 6.37. The molecule has 2 aromatic carbocycles. The van der Waals surface area contributed by atoms with E-state index in [1.165, 1.54) is 0 Å². The molecule has 0 aromatic heterocycles. The second-order valence-electron chi connectivity index (χ2n) is 5.98. The first kappa shape index (κ1) is 18.5. The lowest BCUT2D eigenvalue weighted by Crippen LogP contribution is -2.50. The zero-order valence-corrected chi connectivity index (χ0v) is 14.6. The first-order valence-electron chi connectivity index (χ1n) is 7.76. The maximum Gasteiger partial charge on any atom is 0.253 e. The van der Waals surface area contributed by atoms with Crippen LogP contribution >= 0.6 is 11.6 Å².